The fourth-order valence-corrected chi connectivity index (χ4v) is 1.21. The van der Waals surface area contributed by atoms with E-state index >= 15 is 0 Å². The van der Waals surface area contributed by atoms with E-state index < -0.39 is 16.6 Å². The van der Waals surface area contributed by atoms with E-state index in [-0.39, 0.29) is 6.54 Å². The maximum Gasteiger partial charge on any atom is 0.237 e. The van der Waals surface area contributed by atoms with Crippen molar-refractivity contribution in [2.45, 2.75) is 5.44 Å². The van der Waals surface area contributed by atoms with Crippen molar-refractivity contribution < 1.29 is 21.1 Å². The Labute approximate surface area is 77.8 Å². The van der Waals surface area contributed by atoms with Crippen LogP contribution in [0.4, 0.5) is 11.7 Å². The number of hydrogen-bond acceptors (Lipinski definition) is 3. The van der Waals surface area contributed by atoms with Gasteiger partial charge in [0.25, 0.3) is 0 Å². The second kappa shape index (κ2) is 6.47. The Balaban J connectivity index is 3.61. The third-order valence-electron chi connectivity index (χ3n) is 1.35. The first-order valence-corrected chi connectivity index (χ1v) is 5.05. The lowest BCUT2D eigenvalue weighted by molar-refractivity contribution is 0.148. The van der Waals surface area contributed by atoms with Gasteiger partial charge in [0, 0.05) is 27.3 Å². The average molecular weight is 221 g/mol. The van der Waals surface area contributed by atoms with Gasteiger partial charge in [0.2, 0.25) is 11.2 Å². The fraction of sp³-hybridized carbons (Fsp3) is 1.00. The highest BCUT2D eigenvalue weighted by atomic mass is 32.3. The molecule has 1 atom stereocenters. The molecule has 0 rings (SSSR count). The molecule has 1 unspecified atom stereocenters. The zero-order valence-corrected chi connectivity index (χ0v) is 8.37. The summed E-state index contributed by atoms with van der Waals surface area (Å²) >= 11 is -5.13. The minimum atomic E-state index is -5.13. The third-order valence-corrected chi connectivity index (χ3v) is 2.31. The zero-order valence-electron chi connectivity index (χ0n) is 7.56. The number of ether oxygens (including phenoxy) is 2. The van der Waals surface area contributed by atoms with E-state index in [1.807, 2.05) is 0 Å². The SMILES string of the molecule is COCCNCC(OC)S(F)(F)F. The molecule has 0 bridgehead atoms. The van der Waals surface area contributed by atoms with Crippen LogP contribution in [0.5, 0.6) is 0 Å². The predicted octanol–water partition coefficient (Wildman–Crippen LogP) is 1.65. The number of halogens is 3. The largest absolute Gasteiger partial charge is 0.383 e. The molecule has 0 saturated carbocycles. The van der Waals surface area contributed by atoms with Gasteiger partial charge in [0.1, 0.15) is 0 Å². The van der Waals surface area contributed by atoms with E-state index in [4.69, 9.17) is 0 Å². The molecule has 7 heteroatoms. The van der Waals surface area contributed by atoms with Crippen molar-refractivity contribution in [1.82, 2.24) is 5.32 Å². The second-order valence-electron chi connectivity index (χ2n) is 2.30. The Morgan fingerprint density at radius 3 is 2.31 bits per heavy atom. The molecule has 0 aromatic carbocycles. The first-order valence-electron chi connectivity index (χ1n) is 3.65. The summed E-state index contributed by atoms with van der Waals surface area (Å²) in [5.41, 5.74) is -1.66. The van der Waals surface area contributed by atoms with Crippen LogP contribution >= 0.6 is 11.2 Å². The lowest BCUT2D eigenvalue weighted by Crippen LogP contribution is -2.31. The minimum absolute atomic E-state index is 0.210. The van der Waals surface area contributed by atoms with Crippen molar-refractivity contribution in [3.05, 3.63) is 0 Å². The Morgan fingerprint density at radius 2 is 1.92 bits per heavy atom. The summed E-state index contributed by atoms with van der Waals surface area (Å²) in [7, 11) is 2.55. The molecule has 1 N–H and O–H groups in total. The van der Waals surface area contributed by atoms with Gasteiger partial charge in [-0.2, -0.15) is 0 Å². The third kappa shape index (κ3) is 6.14. The maximum absolute atomic E-state index is 12.1. The van der Waals surface area contributed by atoms with Gasteiger partial charge >= 0.3 is 0 Å². The zero-order chi connectivity index (χ0) is 10.3. The molecule has 0 saturated heterocycles. The standard InChI is InChI=1S/C6H14F3NO2S/c1-11-4-3-10-5-6(12-2)13(7,8)9/h6,10H,3-5H2,1-2H3. The Bertz CT molecular complexity index is 134. The average Bonchev–Trinajstić information content (AvgIpc) is 2.02. The van der Waals surface area contributed by atoms with Crippen molar-refractivity contribution >= 4 is 11.2 Å². The summed E-state index contributed by atoms with van der Waals surface area (Å²) in [6.07, 6.45) is 0. The molecule has 82 valence electrons. The van der Waals surface area contributed by atoms with Gasteiger partial charge in [-0.15, -0.1) is 11.7 Å². The van der Waals surface area contributed by atoms with E-state index in [1.54, 1.807) is 0 Å². The molecule has 0 heterocycles. The van der Waals surface area contributed by atoms with Gasteiger partial charge in [-0.1, -0.05) is 0 Å². The quantitative estimate of drug-likeness (QED) is 0.663. The molecule has 0 aromatic heterocycles. The summed E-state index contributed by atoms with van der Waals surface area (Å²) in [5, 5.41) is 2.59. The highest BCUT2D eigenvalue weighted by Crippen LogP contribution is 2.57. The van der Waals surface area contributed by atoms with Crippen LogP contribution in [0.1, 0.15) is 0 Å². The normalized spacial score (nSPS) is 15.8. The van der Waals surface area contributed by atoms with Crippen LogP contribution < -0.4 is 5.32 Å². The smallest absolute Gasteiger partial charge is 0.237 e. The summed E-state index contributed by atoms with van der Waals surface area (Å²) in [4.78, 5) is 0. The number of hydrogen-bond donors (Lipinski definition) is 1. The van der Waals surface area contributed by atoms with E-state index in [0.717, 1.165) is 7.11 Å². The Kier molecular flexibility index (Phi) is 6.48. The van der Waals surface area contributed by atoms with Gasteiger partial charge < -0.3 is 14.8 Å². The highest BCUT2D eigenvalue weighted by molar-refractivity contribution is 8.21. The molecule has 13 heavy (non-hydrogen) atoms. The van der Waals surface area contributed by atoms with Crippen molar-refractivity contribution in [3.63, 3.8) is 0 Å². The Hall–Kier alpha value is 0.0200. The predicted molar refractivity (Wildman–Crippen MR) is 46.5 cm³/mol. The van der Waals surface area contributed by atoms with Crippen LogP contribution in [0.15, 0.2) is 0 Å². The molecule has 0 aliphatic rings. The van der Waals surface area contributed by atoms with Crippen molar-refractivity contribution in [1.29, 1.82) is 0 Å². The van der Waals surface area contributed by atoms with Crippen LogP contribution in [0.3, 0.4) is 0 Å². The number of methoxy groups -OCH3 is 2. The van der Waals surface area contributed by atoms with Crippen LogP contribution in [-0.2, 0) is 9.47 Å². The van der Waals surface area contributed by atoms with Crippen molar-refractivity contribution in [2.24, 2.45) is 0 Å². The number of nitrogens with one attached hydrogen (secondary N) is 1. The molecule has 0 radical (unpaired) electrons. The fourth-order valence-electron chi connectivity index (χ4n) is 0.681. The molecule has 3 nitrogen and oxygen atoms in total. The van der Waals surface area contributed by atoms with Crippen LogP contribution in [0, 0.1) is 0 Å². The molecule has 0 spiro atoms. The lowest BCUT2D eigenvalue weighted by Gasteiger charge is -2.21. The molecule has 0 fully saturated rings. The summed E-state index contributed by atoms with van der Waals surface area (Å²) < 4.78 is 45.3. The second-order valence-corrected chi connectivity index (χ2v) is 3.71. The van der Waals surface area contributed by atoms with E-state index in [0.29, 0.717) is 13.2 Å². The summed E-state index contributed by atoms with van der Waals surface area (Å²) in [5.74, 6) is 0. The highest BCUT2D eigenvalue weighted by Gasteiger charge is 2.33. The Morgan fingerprint density at radius 1 is 1.31 bits per heavy atom. The summed E-state index contributed by atoms with van der Waals surface area (Å²) in [6.45, 7) is 0.578. The molecule has 0 amide bonds. The van der Waals surface area contributed by atoms with E-state index in [2.05, 4.69) is 14.8 Å². The van der Waals surface area contributed by atoms with Crippen LogP contribution in [-0.4, -0.2) is 39.4 Å². The van der Waals surface area contributed by atoms with Gasteiger partial charge in [-0.25, -0.2) is 0 Å². The van der Waals surface area contributed by atoms with Gasteiger partial charge in [-0.3, -0.25) is 0 Å². The first-order chi connectivity index (χ1) is 6.02. The molecule has 0 aliphatic heterocycles. The molecule has 0 aliphatic carbocycles. The summed E-state index contributed by atoms with van der Waals surface area (Å²) in [6, 6.07) is 0. The lowest BCUT2D eigenvalue weighted by atomic mass is 10.6. The van der Waals surface area contributed by atoms with Crippen molar-refractivity contribution in [3.8, 4) is 0 Å². The molecular weight excluding hydrogens is 207 g/mol. The molecular formula is C6H14F3NO2S. The molecule has 0 aromatic rings. The van der Waals surface area contributed by atoms with Crippen LogP contribution in [0.25, 0.3) is 0 Å². The number of rotatable bonds is 7. The minimum Gasteiger partial charge on any atom is -0.383 e. The maximum atomic E-state index is 12.1. The van der Waals surface area contributed by atoms with Gasteiger partial charge in [0.15, 0.2) is 5.44 Å². The van der Waals surface area contributed by atoms with Gasteiger partial charge in [0.05, 0.1) is 6.61 Å². The van der Waals surface area contributed by atoms with Crippen molar-refractivity contribution in [2.75, 3.05) is 33.9 Å². The monoisotopic (exact) mass is 221 g/mol. The van der Waals surface area contributed by atoms with Gasteiger partial charge in [-0.05, 0) is 0 Å². The van der Waals surface area contributed by atoms with Crippen LogP contribution in [0.2, 0.25) is 0 Å². The van der Waals surface area contributed by atoms with E-state index in [1.165, 1.54) is 7.11 Å². The first kappa shape index (κ1) is 13.0. The van der Waals surface area contributed by atoms with E-state index in [9.17, 15) is 11.7 Å². The topological polar surface area (TPSA) is 30.5 Å².